The number of carbonyl (C=O) groups excluding carboxylic acids is 1. The lowest BCUT2D eigenvalue weighted by Gasteiger charge is -2.26. The van der Waals surface area contributed by atoms with Crippen molar-refractivity contribution in [3.05, 3.63) is 53.8 Å². The number of amides is 1. The Morgan fingerprint density at radius 3 is 2.72 bits per heavy atom. The van der Waals surface area contributed by atoms with Crippen LogP contribution in [0, 0.1) is 6.92 Å². The van der Waals surface area contributed by atoms with Gasteiger partial charge in [0, 0.05) is 53.4 Å². The van der Waals surface area contributed by atoms with E-state index in [1.165, 1.54) is 0 Å². The molecular weight excluding hydrogens is 456 g/mol. The molecule has 1 N–H and O–H groups in total. The van der Waals surface area contributed by atoms with Gasteiger partial charge in [0.15, 0.2) is 0 Å². The predicted molar refractivity (Wildman–Crippen MR) is 143 cm³/mol. The molecule has 1 aliphatic heterocycles. The van der Waals surface area contributed by atoms with Gasteiger partial charge in [-0.25, -0.2) is 0 Å². The average Bonchev–Trinajstić information content (AvgIpc) is 3.33. The molecule has 0 bridgehead atoms. The second-order valence-corrected chi connectivity index (χ2v) is 8.96. The van der Waals surface area contributed by atoms with E-state index in [4.69, 9.17) is 18.6 Å². The quantitative estimate of drug-likeness (QED) is 0.315. The minimum Gasteiger partial charge on any atom is -0.496 e. The number of nitrogens with zero attached hydrogens (tertiary/aromatic N) is 1. The largest absolute Gasteiger partial charge is 0.496 e. The third-order valence-electron chi connectivity index (χ3n) is 6.56. The lowest BCUT2D eigenvalue weighted by molar-refractivity contribution is -0.116. The fourth-order valence-electron chi connectivity index (χ4n) is 4.68. The first kappa shape index (κ1) is 25.8. The van der Waals surface area contributed by atoms with E-state index in [2.05, 4.69) is 16.3 Å². The Morgan fingerprint density at radius 1 is 1.19 bits per heavy atom. The summed E-state index contributed by atoms with van der Waals surface area (Å²) in [6, 6.07) is 9.93. The zero-order valence-electron chi connectivity index (χ0n) is 21.7. The Bertz CT molecular complexity index is 1220. The number of furan rings is 1. The summed E-state index contributed by atoms with van der Waals surface area (Å²) < 4.78 is 23.0. The van der Waals surface area contributed by atoms with Crippen LogP contribution in [0.25, 0.3) is 27.7 Å². The Hall–Kier alpha value is -3.29. The van der Waals surface area contributed by atoms with E-state index >= 15 is 0 Å². The number of morpholine rings is 1. The van der Waals surface area contributed by atoms with Crippen LogP contribution in [-0.4, -0.2) is 63.9 Å². The highest BCUT2D eigenvalue weighted by molar-refractivity contribution is 6.02. The van der Waals surface area contributed by atoms with Crippen LogP contribution in [-0.2, 0) is 9.53 Å². The van der Waals surface area contributed by atoms with Gasteiger partial charge in [-0.2, -0.15) is 0 Å². The summed E-state index contributed by atoms with van der Waals surface area (Å²) in [5.41, 5.74) is 5.28. The fraction of sp³-hybridized carbons (Fsp3) is 0.414. The molecule has 7 nitrogen and oxygen atoms in total. The van der Waals surface area contributed by atoms with E-state index in [-0.39, 0.29) is 5.91 Å². The van der Waals surface area contributed by atoms with Gasteiger partial charge in [-0.15, -0.1) is 0 Å². The maximum Gasteiger partial charge on any atom is 0.244 e. The summed E-state index contributed by atoms with van der Waals surface area (Å²) in [5.74, 6) is 1.41. The molecule has 0 saturated carbocycles. The molecule has 0 spiro atoms. The summed E-state index contributed by atoms with van der Waals surface area (Å²) >= 11 is 0. The standard InChI is InChI=1S/C29H36N2O5/c1-5-35-28-21(3)29-24(25(19-36-29)22-9-6-7-10-26(22)33-4)18-23(28)20(2)17-27(32)30-11-8-12-31-13-15-34-16-14-31/h6-7,9-10,17-19H,5,8,11-16H2,1-4H3,(H,30,32)/b20-17+. The van der Waals surface area contributed by atoms with Crippen molar-refractivity contribution in [2.24, 2.45) is 0 Å². The number of allylic oxidation sites excluding steroid dienone is 1. The normalized spacial score (nSPS) is 14.7. The molecule has 192 valence electrons. The van der Waals surface area contributed by atoms with Crippen molar-refractivity contribution in [3.63, 3.8) is 0 Å². The van der Waals surface area contributed by atoms with Crippen molar-refractivity contribution in [2.45, 2.75) is 27.2 Å². The van der Waals surface area contributed by atoms with E-state index in [1.807, 2.05) is 45.0 Å². The monoisotopic (exact) mass is 492 g/mol. The summed E-state index contributed by atoms with van der Waals surface area (Å²) in [6.07, 6.45) is 4.32. The number of nitrogens with one attached hydrogen (secondary N) is 1. The zero-order chi connectivity index (χ0) is 25.5. The van der Waals surface area contributed by atoms with Crippen LogP contribution in [0.15, 0.2) is 47.1 Å². The molecule has 0 aliphatic carbocycles. The SMILES string of the molecule is CCOc1c(/C(C)=C/C(=O)NCCCN2CCOCC2)cc2c(-c3ccccc3OC)coc2c1C. The van der Waals surface area contributed by atoms with E-state index in [0.717, 1.165) is 89.6 Å². The predicted octanol–water partition coefficient (Wildman–Crippen LogP) is 5.06. The number of fused-ring (bicyclic) bond motifs is 1. The zero-order valence-corrected chi connectivity index (χ0v) is 21.7. The molecule has 3 aromatic rings. The third-order valence-corrected chi connectivity index (χ3v) is 6.56. The number of aryl methyl sites for hydroxylation is 1. The molecule has 4 rings (SSSR count). The molecule has 1 saturated heterocycles. The van der Waals surface area contributed by atoms with Gasteiger partial charge in [0.2, 0.25) is 5.91 Å². The lowest BCUT2D eigenvalue weighted by atomic mass is 9.96. The van der Waals surface area contributed by atoms with Crippen LogP contribution >= 0.6 is 0 Å². The van der Waals surface area contributed by atoms with Gasteiger partial charge in [-0.1, -0.05) is 18.2 Å². The van der Waals surface area contributed by atoms with Crippen molar-refractivity contribution >= 4 is 22.4 Å². The fourth-order valence-corrected chi connectivity index (χ4v) is 4.68. The molecule has 2 heterocycles. The maximum absolute atomic E-state index is 12.7. The number of methoxy groups -OCH3 is 1. The maximum atomic E-state index is 12.7. The van der Waals surface area contributed by atoms with Crippen LogP contribution in [0.1, 0.15) is 31.4 Å². The highest BCUT2D eigenvalue weighted by Gasteiger charge is 2.20. The molecule has 0 atom stereocenters. The Labute approximate surface area is 213 Å². The molecule has 2 aromatic carbocycles. The topological polar surface area (TPSA) is 73.2 Å². The van der Waals surface area contributed by atoms with Gasteiger partial charge < -0.3 is 23.9 Å². The Kier molecular flexibility index (Phi) is 8.67. The third kappa shape index (κ3) is 5.74. The summed E-state index contributed by atoms with van der Waals surface area (Å²) in [4.78, 5) is 15.1. The van der Waals surface area contributed by atoms with E-state index < -0.39 is 0 Å². The van der Waals surface area contributed by atoms with Crippen molar-refractivity contribution in [1.82, 2.24) is 10.2 Å². The minimum atomic E-state index is -0.105. The van der Waals surface area contributed by atoms with Gasteiger partial charge in [0.25, 0.3) is 0 Å². The van der Waals surface area contributed by atoms with Crippen molar-refractivity contribution < 1.29 is 23.4 Å². The first-order valence-electron chi connectivity index (χ1n) is 12.6. The van der Waals surface area contributed by atoms with Gasteiger partial charge in [0.05, 0.1) is 33.2 Å². The van der Waals surface area contributed by atoms with Gasteiger partial charge in [-0.05, 0) is 51.4 Å². The number of benzene rings is 2. The minimum absolute atomic E-state index is 0.105. The average molecular weight is 493 g/mol. The van der Waals surface area contributed by atoms with Crippen molar-refractivity contribution in [3.8, 4) is 22.6 Å². The second kappa shape index (κ2) is 12.1. The number of hydrogen-bond donors (Lipinski definition) is 1. The molecule has 1 fully saturated rings. The molecular formula is C29H36N2O5. The first-order chi connectivity index (χ1) is 17.5. The van der Waals surface area contributed by atoms with Crippen LogP contribution in [0.4, 0.5) is 0 Å². The van der Waals surface area contributed by atoms with E-state index in [0.29, 0.717) is 13.2 Å². The number of hydrogen-bond acceptors (Lipinski definition) is 6. The molecule has 1 aliphatic rings. The summed E-state index contributed by atoms with van der Waals surface area (Å²) in [5, 5.41) is 3.98. The molecule has 36 heavy (non-hydrogen) atoms. The number of rotatable bonds is 10. The number of para-hydroxylation sites is 1. The Balaban J connectivity index is 1.58. The molecule has 0 unspecified atom stereocenters. The summed E-state index contributed by atoms with van der Waals surface area (Å²) in [7, 11) is 1.66. The van der Waals surface area contributed by atoms with Crippen LogP contribution in [0.3, 0.4) is 0 Å². The van der Waals surface area contributed by atoms with E-state index in [9.17, 15) is 4.79 Å². The first-order valence-corrected chi connectivity index (χ1v) is 12.6. The molecule has 7 heteroatoms. The molecule has 1 aromatic heterocycles. The molecule has 1 amide bonds. The van der Waals surface area contributed by atoms with Crippen LogP contribution in [0.5, 0.6) is 11.5 Å². The van der Waals surface area contributed by atoms with Gasteiger partial charge >= 0.3 is 0 Å². The van der Waals surface area contributed by atoms with E-state index in [1.54, 1.807) is 19.4 Å². The smallest absolute Gasteiger partial charge is 0.244 e. The number of carbonyl (C=O) groups is 1. The van der Waals surface area contributed by atoms with Crippen LogP contribution < -0.4 is 14.8 Å². The molecule has 0 radical (unpaired) electrons. The van der Waals surface area contributed by atoms with Gasteiger partial charge in [-0.3, -0.25) is 9.69 Å². The van der Waals surface area contributed by atoms with Crippen molar-refractivity contribution in [2.75, 3.05) is 53.1 Å². The van der Waals surface area contributed by atoms with Gasteiger partial charge in [0.1, 0.15) is 17.1 Å². The number of ether oxygens (including phenoxy) is 3. The highest BCUT2D eigenvalue weighted by atomic mass is 16.5. The Morgan fingerprint density at radius 2 is 1.97 bits per heavy atom. The summed E-state index contributed by atoms with van der Waals surface area (Å²) in [6.45, 7) is 11.5. The van der Waals surface area contributed by atoms with Crippen molar-refractivity contribution in [1.29, 1.82) is 0 Å². The van der Waals surface area contributed by atoms with Crippen LogP contribution in [0.2, 0.25) is 0 Å². The highest BCUT2D eigenvalue weighted by Crippen LogP contribution is 2.42. The second-order valence-electron chi connectivity index (χ2n) is 8.96. The lowest BCUT2D eigenvalue weighted by Crippen LogP contribution is -2.38.